The Morgan fingerprint density at radius 1 is 0.950 bits per heavy atom. The number of hydrogen-bond acceptors (Lipinski definition) is 3. The van der Waals surface area contributed by atoms with Crippen molar-refractivity contribution < 1.29 is 13.9 Å². The largest absolute Gasteiger partial charge is 0.496 e. The molecule has 0 fully saturated rings. The maximum atomic E-state index is 13.6. The molecule has 1 atom stereocenters. The van der Waals surface area contributed by atoms with Gasteiger partial charge in [0.1, 0.15) is 17.3 Å². The standard InChI is InChI=1S/C16H18FNO2/c1-16(18,12-6-4-5-7-14(12)19-2)13-10-11(17)8-9-15(13)20-3/h4-10H,18H2,1-3H3. The molecule has 0 aliphatic heterocycles. The highest BCUT2D eigenvalue weighted by atomic mass is 19.1. The maximum absolute atomic E-state index is 13.6. The fraction of sp³-hybridized carbons (Fsp3) is 0.250. The summed E-state index contributed by atoms with van der Waals surface area (Å²) in [6, 6.07) is 11.7. The molecule has 0 aromatic heterocycles. The molecule has 0 saturated carbocycles. The lowest BCUT2D eigenvalue weighted by Gasteiger charge is -2.29. The minimum Gasteiger partial charge on any atom is -0.496 e. The van der Waals surface area contributed by atoms with Crippen LogP contribution in [0, 0.1) is 5.82 Å². The Morgan fingerprint density at radius 2 is 1.55 bits per heavy atom. The molecule has 0 radical (unpaired) electrons. The van der Waals surface area contributed by atoms with E-state index in [9.17, 15) is 4.39 Å². The Hall–Kier alpha value is -2.07. The van der Waals surface area contributed by atoms with E-state index in [-0.39, 0.29) is 5.82 Å². The summed E-state index contributed by atoms with van der Waals surface area (Å²) < 4.78 is 24.2. The van der Waals surface area contributed by atoms with Crippen LogP contribution in [-0.4, -0.2) is 14.2 Å². The smallest absolute Gasteiger partial charge is 0.124 e. The minimum atomic E-state index is -0.931. The summed E-state index contributed by atoms with van der Waals surface area (Å²) >= 11 is 0. The molecule has 106 valence electrons. The van der Waals surface area contributed by atoms with Crippen LogP contribution >= 0.6 is 0 Å². The average molecular weight is 275 g/mol. The van der Waals surface area contributed by atoms with Gasteiger partial charge in [-0.05, 0) is 31.2 Å². The second kappa shape index (κ2) is 5.51. The normalized spacial score (nSPS) is 13.7. The van der Waals surface area contributed by atoms with Crippen LogP contribution in [0.25, 0.3) is 0 Å². The number of ether oxygens (including phenoxy) is 2. The Kier molecular flexibility index (Phi) is 3.95. The SMILES string of the molecule is COc1ccccc1C(C)(N)c1cc(F)ccc1OC. The second-order valence-electron chi connectivity index (χ2n) is 4.75. The summed E-state index contributed by atoms with van der Waals surface area (Å²) in [5.74, 6) is 0.846. The van der Waals surface area contributed by atoms with E-state index in [2.05, 4.69) is 0 Å². The Labute approximate surface area is 118 Å². The fourth-order valence-corrected chi connectivity index (χ4v) is 2.30. The van der Waals surface area contributed by atoms with Crippen molar-refractivity contribution in [3.63, 3.8) is 0 Å². The van der Waals surface area contributed by atoms with Crippen molar-refractivity contribution in [1.82, 2.24) is 0 Å². The first-order valence-corrected chi connectivity index (χ1v) is 6.27. The van der Waals surface area contributed by atoms with Crippen molar-refractivity contribution in [2.75, 3.05) is 14.2 Å². The molecule has 0 aliphatic rings. The summed E-state index contributed by atoms with van der Waals surface area (Å²) in [6.07, 6.45) is 0. The molecule has 0 spiro atoms. The van der Waals surface area contributed by atoms with Crippen LogP contribution in [0.4, 0.5) is 4.39 Å². The summed E-state index contributed by atoms with van der Waals surface area (Å²) in [7, 11) is 3.12. The van der Waals surface area contributed by atoms with Crippen LogP contribution in [0.15, 0.2) is 42.5 Å². The third kappa shape index (κ3) is 2.47. The molecule has 0 saturated heterocycles. The van der Waals surface area contributed by atoms with E-state index in [4.69, 9.17) is 15.2 Å². The van der Waals surface area contributed by atoms with Gasteiger partial charge in [0.2, 0.25) is 0 Å². The van der Waals surface area contributed by atoms with Crippen molar-refractivity contribution in [3.8, 4) is 11.5 Å². The van der Waals surface area contributed by atoms with Crippen molar-refractivity contribution >= 4 is 0 Å². The molecule has 20 heavy (non-hydrogen) atoms. The third-order valence-corrected chi connectivity index (χ3v) is 3.39. The molecule has 1 unspecified atom stereocenters. The van der Waals surface area contributed by atoms with Gasteiger partial charge in [-0.2, -0.15) is 0 Å². The summed E-state index contributed by atoms with van der Waals surface area (Å²) in [4.78, 5) is 0. The van der Waals surface area contributed by atoms with Gasteiger partial charge in [0.15, 0.2) is 0 Å². The molecule has 2 N–H and O–H groups in total. The first-order valence-electron chi connectivity index (χ1n) is 6.27. The first-order chi connectivity index (χ1) is 9.50. The number of para-hydroxylation sites is 1. The summed E-state index contributed by atoms with van der Waals surface area (Å²) in [5, 5.41) is 0. The summed E-state index contributed by atoms with van der Waals surface area (Å²) in [5.41, 5.74) is 6.87. The number of rotatable bonds is 4. The fourth-order valence-electron chi connectivity index (χ4n) is 2.30. The van der Waals surface area contributed by atoms with Crippen LogP contribution in [0.3, 0.4) is 0 Å². The molecule has 0 aliphatic carbocycles. The van der Waals surface area contributed by atoms with Gasteiger partial charge in [-0.25, -0.2) is 4.39 Å². The molecule has 0 heterocycles. The topological polar surface area (TPSA) is 44.5 Å². The van der Waals surface area contributed by atoms with Crippen molar-refractivity contribution in [1.29, 1.82) is 0 Å². The van der Waals surface area contributed by atoms with E-state index in [0.717, 1.165) is 5.56 Å². The Bertz CT molecular complexity index is 611. The highest BCUT2D eigenvalue weighted by Gasteiger charge is 2.30. The molecule has 4 heteroatoms. The second-order valence-corrected chi connectivity index (χ2v) is 4.75. The van der Waals surface area contributed by atoms with Crippen LogP contribution in [0.1, 0.15) is 18.1 Å². The van der Waals surface area contributed by atoms with E-state index in [1.54, 1.807) is 13.2 Å². The van der Waals surface area contributed by atoms with Crippen LogP contribution in [-0.2, 0) is 5.54 Å². The van der Waals surface area contributed by atoms with Gasteiger partial charge in [-0.1, -0.05) is 18.2 Å². The molecular formula is C16H18FNO2. The van der Waals surface area contributed by atoms with Crippen LogP contribution < -0.4 is 15.2 Å². The minimum absolute atomic E-state index is 0.354. The molecule has 0 amide bonds. The Morgan fingerprint density at radius 3 is 2.20 bits per heavy atom. The monoisotopic (exact) mass is 275 g/mol. The van der Waals surface area contributed by atoms with E-state index in [0.29, 0.717) is 17.1 Å². The number of halogens is 1. The highest BCUT2D eigenvalue weighted by molar-refractivity contribution is 5.50. The lowest BCUT2D eigenvalue weighted by Crippen LogP contribution is -2.35. The predicted octanol–water partition coefficient (Wildman–Crippen LogP) is 3.07. The maximum Gasteiger partial charge on any atom is 0.124 e. The number of benzene rings is 2. The third-order valence-electron chi connectivity index (χ3n) is 3.39. The van der Waals surface area contributed by atoms with Gasteiger partial charge in [0.25, 0.3) is 0 Å². The first kappa shape index (κ1) is 14.3. The average Bonchev–Trinajstić information content (AvgIpc) is 2.47. The molecule has 0 bridgehead atoms. The van der Waals surface area contributed by atoms with Gasteiger partial charge in [0.05, 0.1) is 19.8 Å². The zero-order valence-electron chi connectivity index (χ0n) is 11.8. The van der Waals surface area contributed by atoms with E-state index in [1.807, 2.05) is 31.2 Å². The van der Waals surface area contributed by atoms with Crippen LogP contribution in [0.2, 0.25) is 0 Å². The van der Waals surface area contributed by atoms with Gasteiger partial charge in [-0.3, -0.25) is 0 Å². The van der Waals surface area contributed by atoms with Crippen molar-refractivity contribution in [3.05, 3.63) is 59.4 Å². The number of nitrogens with two attached hydrogens (primary N) is 1. The Balaban J connectivity index is 2.62. The van der Waals surface area contributed by atoms with Gasteiger partial charge in [0, 0.05) is 11.1 Å². The van der Waals surface area contributed by atoms with Crippen LogP contribution in [0.5, 0.6) is 11.5 Å². The molecule has 2 aromatic rings. The van der Waals surface area contributed by atoms with Crippen molar-refractivity contribution in [2.24, 2.45) is 5.73 Å². The van der Waals surface area contributed by atoms with E-state index >= 15 is 0 Å². The van der Waals surface area contributed by atoms with Gasteiger partial charge in [-0.15, -0.1) is 0 Å². The van der Waals surface area contributed by atoms with E-state index < -0.39 is 5.54 Å². The van der Waals surface area contributed by atoms with Crippen molar-refractivity contribution in [2.45, 2.75) is 12.5 Å². The van der Waals surface area contributed by atoms with E-state index in [1.165, 1.54) is 19.2 Å². The van der Waals surface area contributed by atoms with Gasteiger partial charge < -0.3 is 15.2 Å². The number of methoxy groups -OCH3 is 2. The highest BCUT2D eigenvalue weighted by Crippen LogP contribution is 2.37. The molecule has 2 rings (SSSR count). The molecular weight excluding hydrogens is 257 g/mol. The zero-order valence-corrected chi connectivity index (χ0v) is 11.8. The molecule has 3 nitrogen and oxygen atoms in total. The predicted molar refractivity (Wildman–Crippen MR) is 76.6 cm³/mol. The molecule has 2 aromatic carbocycles. The lowest BCUT2D eigenvalue weighted by atomic mass is 9.84. The quantitative estimate of drug-likeness (QED) is 0.932. The zero-order chi connectivity index (χ0) is 14.8. The summed E-state index contributed by atoms with van der Waals surface area (Å²) in [6.45, 7) is 1.81. The van der Waals surface area contributed by atoms with Gasteiger partial charge >= 0.3 is 0 Å². The number of hydrogen-bond donors (Lipinski definition) is 1. The lowest BCUT2D eigenvalue weighted by molar-refractivity contribution is 0.383.